The standard InChI is InChI=1S/C12H18O.C9H18.2ClH.Ti/c1-8(2)10-6-5-7-11(9(3)4)12(10)13;1-9(2,3)8-6-4-5-7-8;;;/h5-9,13H,1-4H3;8H,4-7H2,1-3H3;2*1H;/q;;;;+2/p-2. The predicted molar refractivity (Wildman–Crippen MR) is 109 cm³/mol. The van der Waals surface area contributed by atoms with Gasteiger partial charge in [0.15, 0.2) is 0 Å². The van der Waals surface area contributed by atoms with Crippen molar-refractivity contribution >= 4 is 18.6 Å². The topological polar surface area (TPSA) is 20.2 Å². The predicted octanol–water partition coefficient (Wildman–Crippen LogP) is 8.24. The van der Waals surface area contributed by atoms with E-state index in [9.17, 15) is 5.11 Å². The van der Waals surface area contributed by atoms with Gasteiger partial charge >= 0.3 is 35.6 Å². The fourth-order valence-corrected chi connectivity index (χ4v) is 3.30. The molecule has 4 heteroatoms. The van der Waals surface area contributed by atoms with Gasteiger partial charge < -0.3 is 5.11 Å². The van der Waals surface area contributed by atoms with E-state index in [1.807, 2.05) is 18.2 Å². The quantitative estimate of drug-likeness (QED) is 0.475. The van der Waals surface area contributed by atoms with Gasteiger partial charge in [-0.25, -0.2) is 0 Å². The Kier molecular flexibility index (Phi) is 12.8. The molecule has 2 rings (SSSR count). The van der Waals surface area contributed by atoms with E-state index in [-0.39, 0.29) is 0 Å². The molecule has 144 valence electrons. The fourth-order valence-electron chi connectivity index (χ4n) is 3.30. The molecule has 25 heavy (non-hydrogen) atoms. The van der Waals surface area contributed by atoms with Crippen LogP contribution in [0.4, 0.5) is 0 Å². The van der Waals surface area contributed by atoms with Gasteiger partial charge in [0.05, 0.1) is 0 Å². The van der Waals surface area contributed by atoms with Crippen molar-refractivity contribution < 1.29 is 22.1 Å². The average Bonchev–Trinajstić information content (AvgIpc) is 3.02. The monoisotopic (exact) mass is 422 g/mol. The summed E-state index contributed by atoms with van der Waals surface area (Å²) in [7, 11) is 9.78. The van der Waals surface area contributed by atoms with Gasteiger partial charge in [0, 0.05) is 0 Å². The molecule has 0 radical (unpaired) electrons. The molecule has 0 heterocycles. The fraction of sp³-hybridized carbons (Fsp3) is 0.714. The van der Waals surface area contributed by atoms with Crippen molar-refractivity contribution in [3.05, 3.63) is 29.3 Å². The van der Waals surface area contributed by atoms with Gasteiger partial charge in [0.1, 0.15) is 5.75 Å². The molecule has 1 aromatic rings. The molecule has 0 unspecified atom stereocenters. The molecule has 0 amide bonds. The van der Waals surface area contributed by atoms with Gasteiger partial charge in [-0.2, -0.15) is 0 Å². The van der Waals surface area contributed by atoms with Gasteiger partial charge in [-0.3, -0.25) is 0 Å². The number of benzene rings is 1. The summed E-state index contributed by atoms with van der Waals surface area (Å²) >= 11 is -0.556. The normalized spacial score (nSPS) is 14.7. The third-order valence-corrected chi connectivity index (χ3v) is 4.92. The zero-order valence-electron chi connectivity index (χ0n) is 17.0. The number of hydrogen-bond donors (Lipinski definition) is 1. The van der Waals surface area contributed by atoms with Crippen LogP contribution < -0.4 is 0 Å². The first-order valence-corrected chi connectivity index (χ1v) is 13.6. The minimum atomic E-state index is -0.556. The molecule has 1 fully saturated rings. The van der Waals surface area contributed by atoms with Crippen LogP contribution in [-0.4, -0.2) is 5.11 Å². The molecular weight excluding hydrogens is 387 g/mol. The minimum absolute atomic E-state index is 0.388. The van der Waals surface area contributed by atoms with Crippen molar-refractivity contribution in [3.8, 4) is 5.75 Å². The first-order valence-electron chi connectivity index (χ1n) is 9.34. The second-order valence-electron chi connectivity index (χ2n) is 8.51. The Morgan fingerprint density at radius 1 is 0.960 bits per heavy atom. The summed E-state index contributed by atoms with van der Waals surface area (Å²) in [4.78, 5) is 0. The van der Waals surface area contributed by atoms with E-state index in [2.05, 4.69) is 48.5 Å². The van der Waals surface area contributed by atoms with E-state index in [0.29, 0.717) is 23.0 Å². The van der Waals surface area contributed by atoms with Gasteiger partial charge in [0.2, 0.25) is 0 Å². The number of phenols is 1. The number of hydrogen-bond acceptors (Lipinski definition) is 1. The molecule has 1 saturated carbocycles. The summed E-state index contributed by atoms with van der Waals surface area (Å²) in [5.41, 5.74) is 2.67. The van der Waals surface area contributed by atoms with Crippen LogP contribution in [-0.2, 0) is 17.0 Å². The van der Waals surface area contributed by atoms with E-state index in [4.69, 9.17) is 18.6 Å². The van der Waals surface area contributed by atoms with Crippen molar-refractivity contribution in [1.29, 1.82) is 0 Å². The van der Waals surface area contributed by atoms with E-state index < -0.39 is 17.0 Å². The second kappa shape index (κ2) is 12.7. The molecule has 0 saturated heterocycles. The van der Waals surface area contributed by atoms with Crippen molar-refractivity contribution in [2.24, 2.45) is 11.3 Å². The summed E-state index contributed by atoms with van der Waals surface area (Å²) < 4.78 is 0. The van der Waals surface area contributed by atoms with Gasteiger partial charge in [-0.05, 0) is 47.1 Å². The molecular formula is C21H36Cl2OTi. The molecule has 0 aliphatic heterocycles. The van der Waals surface area contributed by atoms with Crippen LogP contribution >= 0.6 is 18.6 Å². The number of rotatable bonds is 2. The third-order valence-electron chi connectivity index (χ3n) is 4.92. The van der Waals surface area contributed by atoms with E-state index in [0.717, 1.165) is 17.0 Å². The number of para-hydroxylation sites is 1. The number of aromatic hydroxyl groups is 1. The third kappa shape index (κ3) is 9.71. The molecule has 0 aromatic heterocycles. The average molecular weight is 423 g/mol. The Hall–Kier alpha value is 0.314. The van der Waals surface area contributed by atoms with E-state index in [1.54, 1.807) is 0 Å². The maximum atomic E-state index is 9.93. The first kappa shape index (κ1) is 25.3. The Bertz CT molecular complexity index is 449. The summed E-state index contributed by atoms with van der Waals surface area (Å²) in [5.74, 6) is 2.27. The van der Waals surface area contributed by atoms with Crippen molar-refractivity contribution in [1.82, 2.24) is 0 Å². The maximum absolute atomic E-state index is 9.93. The van der Waals surface area contributed by atoms with Crippen molar-refractivity contribution in [2.45, 2.75) is 86.0 Å². The van der Waals surface area contributed by atoms with Crippen LogP contribution in [0.3, 0.4) is 0 Å². The van der Waals surface area contributed by atoms with Crippen LogP contribution in [0.2, 0.25) is 0 Å². The Labute approximate surface area is 172 Å². The summed E-state index contributed by atoms with van der Waals surface area (Å²) in [6, 6.07) is 6.00. The Morgan fingerprint density at radius 3 is 1.56 bits per heavy atom. The zero-order chi connectivity index (χ0) is 19.6. The molecule has 1 nitrogen and oxygen atoms in total. The Morgan fingerprint density at radius 2 is 1.32 bits per heavy atom. The van der Waals surface area contributed by atoms with Crippen molar-refractivity contribution in [2.75, 3.05) is 0 Å². The summed E-state index contributed by atoms with van der Waals surface area (Å²) in [6.07, 6.45) is 5.90. The zero-order valence-corrected chi connectivity index (χ0v) is 20.1. The van der Waals surface area contributed by atoms with Crippen LogP contribution in [0.1, 0.15) is 97.1 Å². The molecule has 1 N–H and O–H groups in total. The van der Waals surface area contributed by atoms with Gasteiger partial charge in [-0.1, -0.05) is 79.5 Å². The molecule has 0 bridgehead atoms. The van der Waals surface area contributed by atoms with Crippen LogP contribution in [0.5, 0.6) is 5.75 Å². The summed E-state index contributed by atoms with van der Waals surface area (Å²) in [5, 5.41) is 9.93. The van der Waals surface area contributed by atoms with Gasteiger partial charge in [0.25, 0.3) is 0 Å². The van der Waals surface area contributed by atoms with Crippen LogP contribution in [0.15, 0.2) is 18.2 Å². The van der Waals surface area contributed by atoms with Crippen LogP contribution in [0, 0.1) is 11.3 Å². The molecule has 1 aliphatic carbocycles. The molecule has 1 aromatic carbocycles. The van der Waals surface area contributed by atoms with Crippen LogP contribution in [0.25, 0.3) is 0 Å². The molecule has 0 spiro atoms. The molecule has 0 atom stereocenters. The van der Waals surface area contributed by atoms with Gasteiger partial charge in [-0.15, -0.1) is 0 Å². The van der Waals surface area contributed by atoms with E-state index in [1.165, 1.54) is 25.7 Å². The second-order valence-corrected chi connectivity index (χ2v) is 11.1. The SMILES string of the molecule is CC(C)(C)C1CCCC1.CC(C)c1cccc(C(C)C)c1O.[Cl][Ti][Cl]. The Balaban J connectivity index is 0.000000417. The molecule has 1 aliphatic rings. The number of phenolic OH excluding ortho intramolecular Hbond substituents is 1. The first-order chi connectivity index (χ1) is 11.6. The summed E-state index contributed by atoms with van der Waals surface area (Å²) in [6.45, 7) is 15.5. The number of halogens is 2. The van der Waals surface area contributed by atoms with E-state index >= 15 is 0 Å². The van der Waals surface area contributed by atoms with Crippen molar-refractivity contribution in [3.63, 3.8) is 0 Å².